The number of carbonyl (C=O) groups is 1. The summed E-state index contributed by atoms with van der Waals surface area (Å²) < 4.78 is 5.33. The Morgan fingerprint density at radius 1 is 1.37 bits per heavy atom. The van der Waals surface area contributed by atoms with Crippen LogP contribution in [0.15, 0.2) is 11.6 Å². The molecule has 2 rings (SSSR count). The minimum atomic E-state index is -0.390. The second-order valence-electron chi connectivity index (χ2n) is 5.71. The third-order valence-electron chi connectivity index (χ3n) is 4.44. The van der Waals surface area contributed by atoms with Crippen molar-refractivity contribution in [3.05, 3.63) is 11.6 Å². The van der Waals surface area contributed by atoms with E-state index in [2.05, 4.69) is 11.4 Å². The molecule has 2 aliphatic rings. The third-order valence-corrected chi connectivity index (χ3v) is 4.44. The van der Waals surface area contributed by atoms with E-state index in [0.717, 1.165) is 25.8 Å². The van der Waals surface area contributed by atoms with E-state index in [1.165, 1.54) is 31.3 Å². The molecule has 4 nitrogen and oxygen atoms in total. The van der Waals surface area contributed by atoms with E-state index < -0.39 is 0 Å². The molecule has 0 aromatic rings. The van der Waals surface area contributed by atoms with Crippen LogP contribution in [0.5, 0.6) is 0 Å². The molecule has 1 amide bonds. The Morgan fingerprint density at radius 3 is 2.79 bits per heavy atom. The van der Waals surface area contributed by atoms with Crippen molar-refractivity contribution in [2.24, 2.45) is 11.1 Å². The molecule has 19 heavy (non-hydrogen) atoms. The lowest BCUT2D eigenvalue weighted by Gasteiger charge is -2.34. The fraction of sp³-hybridized carbons (Fsp3) is 0.800. The van der Waals surface area contributed by atoms with Gasteiger partial charge in [0.25, 0.3) is 0 Å². The molecule has 1 aliphatic heterocycles. The normalized spacial score (nSPS) is 22.7. The van der Waals surface area contributed by atoms with Crippen molar-refractivity contribution in [2.45, 2.75) is 44.9 Å². The van der Waals surface area contributed by atoms with Gasteiger partial charge in [-0.25, -0.2) is 0 Å². The maximum atomic E-state index is 12.3. The molecule has 1 heterocycles. The summed E-state index contributed by atoms with van der Waals surface area (Å²) in [5, 5.41) is 3.08. The summed E-state index contributed by atoms with van der Waals surface area (Å²) in [5.41, 5.74) is 6.94. The molecular formula is C15H26N2O2. The molecule has 0 aromatic heterocycles. The third kappa shape index (κ3) is 3.80. The first-order chi connectivity index (χ1) is 9.27. The van der Waals surface area contributed by atoms with Gasteiger partial charge in [0.05, 0.1) is 5.41 Å². The van der Waals surface area contributed by atoms with Gasteiger partial charge in [-0.1, -0.05) is 11.6 Å². The Balaban J connectivity index is 1.77. The largest absolute Gasteiger partial charge is 0.381 e. The quantitative estimate of drug-likeness (QED) is 0.745. The van der Waals surface area contributed by atoms with Crippen molar-refractivity contribution >= 4 is 5.91 Å². The monoisotopic (exact) mass is 266 g/mol. The molecule has 0 unspecified atom stereocenters. The van der Waals surface area contributed by atoms with Crippen LogP contribution in [0.3, 0.4) is 0 Å². The van der Waals surface area contributed by atoms with Gasteiger partial charge in [-0.15, -0.1) is 0 Å². The first kappa shape index (κ1) is 14.5. The molecule has 0 aromatic carbocycles. The Morgan fingerprint density at radius 2 is 2.16 bits per heavy atom. The Bertz CT molecular complexity index is 333. The zero-order valence-electron chi connectivity index (χ0n) is 11.7. The van der Waals surface area contributed by atoms with Crippen molar-refractivity contribution in [3.8, 4) is 0 Å². The van der Waals surface area contributed by atoms with Crippen molar-refractivity contribution < 1.29 is 9.53 Å². The van der Waals surface area contributed by atoms with E-state index in [-0.39, 0.29) is 11.3 Å². The highest BCUT2D eigenvalue weighted by Crippen LogP contribution is 2.29. The number of hydrogen-bond donors (Lipinski definition) is 2. The van der Waals surface area contributed by atoms with Crippen LogP contribution < -0.4 is 11.1 Å². The van der Waals surface area contributed by atoms with E-state index >= 15 is 0 Å². The second kappa shape index (κ2) is 7.06. The molecule has 0 radical (unpaired) electrons. The lowest BCUT2D eigenvalue weighted by molar-refractivity contribution is -0.135. The van der Waals surface area contributed by atoms with E-state index in [0.29, 0.717) is 19.8 Å². The first-order valence-electron chi connectivity index (χ1n) is 7.51. The van der Waals surface area contributed by atoms with E-state index in [9.17, 15) is 4.79 Å². The van der Waals surface area contributed by atoms with Gasteiger partial charge >= 0.3 is 0 Å². The number of nitrogens with two attached hydrogens (primary N) is 1. The lowest BCUT2D eigenvalue weighted by atomic mass is 9.79. The minimum absolute atomic E-state index is 0.120. The molecule has 4 heteroatoms. The number of rotatable bonds is 5. The van der Waals surface area contributed by atoms with Gasteiger partial charge in [0, 0.05) is 26.3 Å². The van der Waals surface area contributed by atoms with E-state index in [1.54, 1.807) is 0 Å². The Labute approximate surface area is 115 Å². The Kier molecular flexibility index (Phi) is 5.40. The average Bonchev–Trinajstić information content (AvgIpc) is 2.49. The zero-order valence-corrected chi connectivity index (χ0v) is 11.7. The fourth-order valence-corrected chi connectivity index (χ4v) is 2.94. The Hall–Kier alpha value is -0.870. The summed E-state index contributed by atoms with van der Waals surface area (Å²) in [7, 11) is 0. The fourth-order valence-electron chi connectivity index (χ4n) is 2.94. The molecule has 0 bridgehead atoms. The predicted octanol–water partition coefficient (Wildman–Crippen LogP) is 1.75. The predicted molar refractivity (Wildman–Crippen MR) is 75.7 cm³/mol. The first-order valence-corrected chi connectivity index (χ1v) is 7.51. The summed E-state index contributed by atoms with van der Waals surface area (Å²) in [4.78, 5) is 12.3. The number of allylic oxidation sites excluding steroid dienone is 1. The van der Waals surface area contributed by atoms with Crippen LogP contribution in [0, 0.1) is 5.41 Å². The van der Waals surface area contributed by atoms with E-state index in [1.807, 2.05) is 0 Å². The van der Waals surface area contributed by atoms with Crippen molar-refractivity contribution in [3.63, 3.8) is 0 Å². The summed E-state index contributed by atoms with van der Waals surface area (Å²) >= 11 is 0. The summed E-state index contributed by atoms with van der Waals surface area (Å²) in [6, 6.07) is 0. The highest BCUT2D eigenvalue weighted by molar-refractivity contribution is 5.83. The van der Waals surface area contributed by atoms with Gasteiger partial charge in [-0.3, -0.25) is 4.79 Å². The van der Waals surface area contributed by atoms with Gasteiger partial charge in [0.2, 0.25) is 5.91 Å². The van der Waals surface area contributed by atoms with Gasteiger partial charge in [-0.05, 0) is 44.9 Å². The maximum absolute atomic E-state index is 12.3. The van der Waals surface area contributed by atoms with E-state index in [4.69, 9.17) is 10.5 Å². The molecule has 0 atom stereocenters. The number of amides is 1. The highest BCUT2D eigenvalue weighted by Gasteiger charge is 2.38. The molecule has 0 spiro atoms. The summed E-state index contributed by atoms with van der Waals surface area (Å²) in [6.07, 6.45) is 9.83. The summed E-state index contributed by atoms with van der Waals surface area (Å²) in [6.45, 7) is 2.46. The number of nitrogens with one attached hydrogen (secondary N) is 1. The second-order valence-corrected chi connectivity index (χ2v) is 5.71. The maximum Gasteiger partial charge on any atom is 0.227 e. The number of ether oxygens (including phenoxy) is 1. The van der Waals surface area contributed by atoms with Gasteiger partial charge in [-0.2, -0.15) is 0 Å². The van der Waals surface area contributed by atoms with Crippen LogP contribution in [-0.2, 0) is 9.53 Å². The van der Waals surface area contributed by atoms with Crippen LogP contribution >= 0.6 is 0 Å². The lowest BCUT2D eigenvalue weighted by Crippen LogP contribution is -2.49. The molecule has 0 saturated carbocycles. The SMILES string of the molecule is NCC1(C(=O)NCCC2=CCCCC2)CCOCC1. The van der Waals surface area contributed by atoms with Gasteiger partial charge in [0.1, 0.15) is 0 Å². The molecule has 1 saturated heterocycles. The molecule has 1 fully saturated rings. The standard InChI is InChI=1S/C15H26N2O2/c16-12-15(7-10-19-11-8-15)14(18)17-9-6-13-4-2-1-3-5-13/h4H,1-3,5-12,16H2,(H,17,18). The van der Waals surface area contributed by atoms with Crippen molar-refractivity contribution in [1.82, 2.24) is 5.32 Å². The van der Waals surface area contributed by atoms with Crippen molar-refractivity contribution in [2.75, 3.05) is 26.3 Å². The van der Waals surface area contributed by atoms with Gasteiger partial charge < -0.3 is 15.8 Å². The molecule has 108 valence electrons. The smallest absolute Gasteiger partial charge is 0.227 e. The van der Waals surface area contributed by atoms with Crippen LogP contribution in [-0.4, -0.2) is 32.2 Å². The van der Waals surface area contributed by atoms with Crippen LogP contribution in [0.25, 0.3) is 0 Å². The van der Waals surface area contributed by atoms with Crippen LogP contribution in [0.1, 0.15) is 44.9 Å². The highest BCUT2D eigenvalue weighted by atomic mass is 16.5. The van der Waals surface area contributed by atoms with Crippen LogP contribution in [0.2, 0.25) is 0 Å². The average molecular weight is 266 g/mol. The van der Waals surface area contributed by atoms with Crippen LogP contribution in [0.4, 0.5) is 0 Å². The number of carbonyl (C=O) groups excluding carboxylic acids is 1. The minimum Gasteiger partial charge on any atom is -0.381 e. The zero-order chi connectivity index (χ0) is 13.6. The summed E-state index contributed by atoms with van der Waals surface area (Å²) in [5.74, 6) is 0.120. The topological polar surface area (TPSA) is 64.4 Å². The van der Waals surface area contributed by atoms with Crippen molar-refractivity contribution in [1.29, 1.82) is 0 Å². The number of hydrogen-bond acceptors (Lipinski definition) is 3. The molecule has 3 N–H and O–H groups in total. The molecule has 1 aliphatic carbocycles. The molecular weight excluding hydrogens is 240 g/mol. The van der Waals surface area contributed by atoms with Gasteiger partial charge in [0.15, 0.2) is 0 Å².